The Morgan fingerprint density at radius 2 is 2.21 bits per heavy atom. The zero-order valence-electron chi connectivity index (χ0n) is 7.37. The molecule has 5 heteroatoms. The van der Waals surface area contributed by atoms with Gasteiger partial charge < -0.3 is 0 Å². The van der Waals surface area contributed by atoms with Crippen LogP contribution >= 0.6 is 46.0 Å². The second-order valence-electron chi connectivity index (χ2n) is 2.68. The van der Waals surface area contributed by atoms with Crippen molar-refractivity contribution in [3.05, 3.63) is 27.2 Å². The van der Waals surface area contributed by atoms with Gasteiger partial charge in [0, 0.05) is 10.9 Å². The summed E-state index contributed by atoms with van der Waals surface area (Å²) in [5.74, 6) is 0.486. The highest BCUT2D eigenvalue weighted by Crippen LogP contribution is 2.32. The predicted octanol–water partition coefficient (Wildman–Crippen LogP) is 3.78. The number of hydrogen-bond acceptors (Lipinski definition) is 4. The van der Waals surface area contributed by atoms with Crippen LogP contribution in [-0.2, 0) is 5.88 Å². The molecule has 0 atom stereocenters. The number of hydrogen-bond donors (Lipinski definition) is 0. The lowest BCUT2D eigenvalue weighted by molar-refractivity contribution is 1.53. The van der Waals surface area contributed by atoms with Crippen molar-refractivity contribution in [1.29, 1.82) is 0 Å². The Morgan fingerprint density at radius 3 is 2.86 bits per heavy atom. The van der Waals surface area contributed by atoms with Gasteiger partial charge in [0.25, 0.3) is 0 Å². The zero-order valence-corrected chi connectivity index (χ0v) is 10.6. The van der Waals surface area contributed by atoms with E-state index in [1.165, 1.54) is 0 Å². The molecule has 0 fully saturated rings. The van der Waals surface area contributed by atoms with Gasteiger partial charge in [0.1, 0.15) is 0 Å². The molecule has 0 unspecified atom stereocenters. The van der Waals surface area contributed by atoms with Gasteiger partial charge in [-0.2, -0.15) is 0 Å². The molecule has 0 bridgehead atoms. The summed E-state index contributed by atoms with van der Waals surface area (Å²) in [6, 6.07) is 3.60. The summed E-state index contributed by atoms with van der Waals surface area (Å²) < 4.78 is 2.14. The molecule has 0 spiro atoms. The fourth-order valence-electron chi connectivity index (χ4n) is 1.14. The molecule has 0 aliphatic heterocycles. The first-order valence-electron chi connectivity index (χ1n) is 3.91. The first-order valence-corrected chi connectivity index (χ1v) is 7.30. The maximum atomic E-state index is 11.6. The number of halogens is 1. The molecule has 0 aliphatic carbocycles. The van der Waals surface area contributed by atoms with E-state index in [-0.39, 0.29) is 5.43 Å². The van der Waals surface area contributed by atoms with E-state index in [0.29, 0.717) is 5.88 Å². The van der Waals surface area contributed by atoms with E-state index in [0.717, 1.165) is 18.5 Å². The number of alkyl halides is 1. The van der Waals surface area contributed by atoms with Crippen LogP contribution in [0.5, 0.6) is 0 Å². The average molecular weight is 263 g/mol. The van der Waals surface area contributed by atoms with E-state index in [1.54, 1.807) is 40.5 Å². The summed E-state index contributed by atoms with van der Waals surface area (Å²) in [4.78, 5) is 12.7. The SMILES string of the molecule is CSc1cc(=O)c2cc(CCl)sc2s1. The monoisotopic (exact) mass is 262 g/mol. The minimum atomic E-state index is 0.107. The third-order valence-corrected chi connectivity index (χ3v) is 5.66. The Kier molecular flexibility index (Phi) is 3.17. The van der Waals surface area contributed by atoms with Crippen LogP contribution in [0.2, 0.25) is 0 Å². The largest absolute Gasteiger partial charge is 0.289 e. The molecular formula is C9H7ClOS3. The van der Waals surface area contributed by atoms with Crippen LogP contribution in [0.25, 0.3) is 9.40 Å². The molecule has 0 aliphatic rings. The number of fused-ring (bicyclic) bond motifs is 1. The molecule has 0 saturated carbocycles. The Balaban J connectivity index is 2.73. The van der Waals surface area contributed by atoms with Gasteiger partial charge in [0.15, 0.2) is 5.43 Å². The van der Waals surface area contributed by atoms with Gasteiger partial charge >= 0.3 is 0 Å². The molecule has 2 aromatic heterocycles. The van der Waals surface area contributed by atoms with E-state index in [1.807, 2.05) is 12.3 Å². The van der Waals surface area contributed by atoms with E-state index >= 15 is 0 Å². The lowest BCUT2D eigenvalue weighted by Gasteiger charge is -1.92. The van der Waals surface area contributed by atoms with Crippen molar-refractivity contribution in [2.45, 2.75) is 10.1 Å². The van der Waals surface area contributed by atoms with Crippen LogP contribution < -0.4 is 5.43 Å². The van der Waals surface area contributed by atoms with E-state index in [4.69, 9.17) is 11.6 Å². The van der Waals surface area contributed by atoms with Crippen molar-refractivity contribution < 1.29 is 0 Å². The summed E-state index contributed by atoms with van der Waals surface area (Å²) >= 11 is 10.6. The molecule has 1 nitrogen and oxygen atoms in total. The van der Waals surface area contributed by atoms with Crippen LogP contribution in [0, 0.1) is 0 Å². The third-order valence-electron chi connectivity index (χ3n) is 1.79. The predicted molar refractivity (Wildman–Crippen MR) is 67.3 cm³/mol. The molecule has 0 radical (unpaired) electrons. The maximum Gasteiger partial charge on any atom is 0.190 e. The van der Waals surface area contributed by atoms with Gasteiger partial charge in [-0.05, 0) is 12.3 Å². The highest BCUT2D eigenvalue weighted by Gasteiger charge is 2.06. The van der Waals surface area contributed by atoms with Crippen molar-refractivity contribution in [1.82, 2.24) is 0 Å². The Morgan fingerprint density at radius 1 is 1.43 bits per heavy atom. The molecule has 0 amide bonds. The highest BCUT2D eigenvalue weighted by molar-refractivity contribution is 8.00. The van der Waals surface area contributed by atoms with E-state index < -0.39 is 0 Å². The fourth-order valence-corrected chi connectivity index (χ4v) is 4.46. The standard InChI is InChI=1S/C9H7ClOS3/c1-12-8-3-7(11)6-2-5(4-10)13-9(6)14-8/h2-3H,4H2,1H3. The summed E-state index contributed by atoms with van der Waals surface area (Å²) in [6.45, 7) is 0. The van der Waals surface area contributed by atoms with Gasteiger partial charge in [-0.1, -0.05) is 0 Å². The second-order valence-corrected chi connectivity index (χ2v) is 6.50. The van der Waals surface area contributed by atoms with E-state index in [2.05, 4.69) is 0 Å². The zero-order chi connectivity index (χ0) is 10.1. The molecule has 2 rings (SSSR count). The van der Waals surface area contributed by atoms with Crippen molar-refractivity contribution in [2.24, 2.45) is 0 Å². The molecular weight excluding hydrogens is 256 g/mol. The van der Waals surface area contributed by atoms with Crippen LogP contribution in [0.1, 0.15) is 4.88 Å². The van der Waals surface area contributed by atoms with Crippen LogP contribution in [-0.4, -0.2) is 6.26 Å². The first-order chi connectivity index (χ1) is 6.74. The van der Waals surface area contributed by atoms with Crippen LogP contribution in [0.4, 0.5) is 0 Å². The number of thiophene rings is 1. The Hall–Kier alpha value is -0.0300. The lowest BCUT2D eigenvalue weighted by atomic mass is 10.3. The Bertz CT molecular complexity index is 514. The molecule has 2 aromatic rings. The minimum absolute atomic E-state index is 0.107. The summed E-state index contributed by atoms with van der Waals surface area (Å²) in [6.07, 6.45) is 1.98. The average Bonchev–Trinajstić information content (AvgIpc) is 2.61. The highest BCUT2D eigenvalue weighted by atomic mass is 35.5. The lowest BCUT2D eigenvalue weighted by Crippen LogP contribution is -1.95. The Labute approximate surface area is 98.7 Å². The van der Waals surface area contributed by atoms with E-state index in [9.17, 15) is 4.79 Å². The topological polar surface area (TPSA) is 17.1 Å². The number of rotatable bonds is 2. The summed E-state index contributed by atoms with van der Waals surface area (Å²) in [5.41, 5.74) is 0.107. The van der Waals surface area contributed by atoms with Crippen molar-refractivity contribution >= 4 is 55.4 Å². The summed E-state index contributed by atoms with van der Waals surface area (Å²) in [7, 11) is 0. The third kappa shape index (κ3) is 1.84. The first kappa shape index (κ1) is 10.5. The smallest absolute Gasteiger partial charge is 0.190 e. The van der Waals surface area contributed by atoms with Gasteiger partial charge in [0.2, 0.25) is 0 Å². The van der Waals surface area contributed by atoms with Gasteiger partial charge in [-0.15, -0.1) is 46.0 Å². The van der Waals surface area contributed by atoms with Gasteiger partial charge in [-0.3, -0.25) is 4.79 Å². The fraction of sp³-hybridized carbons (Fsp3) is 0.222. The maximum absolute atomic E-state index is 11.6. The summed E-state index contributed by atoms with van der Waals surface area (Å²) in [5, 5.41) is 0.813. The van der Waals surface area contributed by atoms with Gasteiger partial charge in [-0.25, -0.2) is 0 Å². The van der Waals surface area contributed by atoms with Crippen LogP contribution in [0.15, 0.2) is 21.1 Å². The molecule has 0 N–H and O–H groups in total. The second kappa shape index (κ2) is 4.23. The van der Waals surface area contributed by atoms with Crippen molar-refractivity contribution in [3.63, 3.8) is 0 Å². The van der Waals surface area contributed by atoms with Crippen LogP contribution in [0.3, 0.4) is 0 Å². The molecule has 2 heterocycles. The van der Waals surface area contributed by atoms with Gasteiger partial charge in [0.05, 0.1) is 19.5 Å². The molecule has 74 valence electrons. The van der Waals surface area contributed by atoms with Crippen molar-refractivity contribution in [3.8, 4) is 0 Å². The van der Waals surface area contributed by atoms with Crippen molar-refractivity contribution in [2.75, 3.05) is 6.26 Å². The molecule has 14 heavy (non-hydrogen) atoms. The molecule has 0 aromatic carbocycles. The number of thioether (sulfide) groups is 1. The quantitative estimate of drug-likeness (QED) is 0.605. The normalized spacial score (nSPS) is 11.0. The molecule has 0 saturated heterocycles. The minimum Gasteiger partial charge on any atom is -0.289 e.